The number of ether oxygens (including phenoxy) is 1. The Morgan fingerprint density at radius 2 is 1.90 bits per heavy atom. The molecule has 0 saturated heterocycles. The number of aromatic hydroxyl groups is 1. The molecular formula is C17H20FNO2. The molecule has 2 N–H and O–H groups in total. The molecule has 0 fully saturated rings. The number of benzene rings is 2. The Morgan fingerprint density at radius 1 is 1.19 bits per heavy atom. The van der Waals surface area contributed by atoms with Crippen molar-refractivity contribution in [2.75, 3.05) is 7.11 Å². The number of hydrogen-bond donors (Lipinski definition) is 2. The fourth-order valence-electron chi connectivity index (χ4n) is 2.19. The smallest absolute Gasteiger partial charge is 0.169 e. The Morgan fingerprint density at radius 3 is 2.57 bits per heavy atom. The van der Waals surface area contributed by atoms with Gasteiger partial charge in [0.05, 0.1) is 7.11 Å². The van der Waals surface area contributed by atoms with Crippen molar-refractivity contribution < 1.29 is 14.2 Å². The van der Waals surface area contributed by atoms with Crippen LogP contribution in [0.15, 0.2) is 42.5 Å². The van der Waals surface area contributed by atoms with Crippen molar-refractivity contribution in [3.8, 4) is 11.5 Å². The lowest BCUT2D eigenvalue weighted by molar-refractivity contribution is 0.382. The maximum atomic E-state index is 14.0. The summed E-state index contributed by atoms with van der Waals surface area (Å²) in [6, 6.07) is 12.5. The highest BCUT2D eigenvalue weighted by atomic mass is 19.1. The van der Waals surface area contributed by atoms with Gasteiger partial charge in [0, 0.05) is 18.2 Å². The van der Waals surface area contributed by atoms with E-state index in [1.54, 1.807) is 30.3 Å². The van der Waals surface area contributed by atoms with E-state index >= 15 is 0 Å². The topological polar surface area (TPSA) is 41.5 Å². The molecule has 21 heavy (non-hydrogen) atoms. The monoisotopic (exact) mass is 289 g/mol. The lowest BCUT2D eigenvalue weighted by atomic mass is 10.1. The maximum Gasteiger partial charge on any atom is 0.169 e. The van der Waals surface area contributed by atoms with Crippen LogP contribution < -0.4 is 10.1 Å². The van der Waals surface area contributed by atoms with Crippen LogP contribution in [0.1, 0.15) is 18.1 Å². The molecule has 0 saturated carbocycles. The number of nitrogens with one attached hydrogen (secondary N) is 1. The third-order valence-electron chi connectivity index (χ3n) is 3.38. The van der Waals surface area contributed by atoms with Crippen molar-refractivity contribution in [1.82, 2.24) is 5.32 Å². The fourth-order valence-corrected chi connectivity index (χ4v) is 2.19. The molecule has 1 atom stereocenters. The second-order valence-electron chi connectivity index (χ2n) is 5.09. The van der Waals surface area contributed by atoms with Gasteiger partial charge in [-0.05, 0) is 37.1 Å². The van der Waals surface area contributed by atoms with Crippen molar-refractivity contribution in [2.45, 2.75) is 25.9 Å². The molecular weight excluding hydrogens is 269 g/mol. The van der Waals surface area contributed by atoms with Gasteiger partial charge < -0.3 is 15.2 Å². The summed E-state index contributed by atoms with van der Waals surface area (Å²) in [5, 5.41) is 12.5. The van der Waals surface area contributed by atoms with Crippen molar-refractivity contribution in [1.29, 1.82) is 0 Å². The van der Waals surface area contributed by atoms with Crippen molar-refractivity contribution in [3.05, 3.63) is 59.4 Å². The molecule has 4 heteroatoms. The Bertz CT molecular complexity index is 584. The van der Waals surface area contributed by atoms with Gasteiger partial charge in [0.1, 0.15) is 5.75 Å². The minimum atomic E-state index is -0.315. The van der Waals surface area contributed by atoms with Crippen LogP contribution >= 0.6 is 0 Å². The number of phenols is 1. The molecule has 3 nitrogen and oxygen atoms in total. The predicted octanol–water partition coefficient (Wildman–Crippen LogP) is 3.26. The van der Waals surface area contributed by atoms with E-state index in [-0.39, 0.29) is 23.4 Å². The van der Waals surface area contributed by atoms with E-state index in [2.05, 4.69) is 5.32 Å². The van der Waals surface area contributed by atoms with Gasteiger partial charge in [0.25, 0.3) is 0 Å². The largest absolute Gasteiger partial charge is 0.508 e. The van der Waals surface area contributed by atoms with Gasteiger partial charge >= 0.3 is 0 Å². The SMILES string of the molecule is COc1cccc(CNC(C)Cc2ccc(O)cc2)c1F. The number of rotatable bonds is 6. The molecule has 2 aromatic carbocycles. The summed E-state index contributed by atoms with van der Waals surface area (Å²) >= 11 is 0. The number of methoxy groups -OCH3 is 1. The molecule has 0 heterocycles. The summed E-state index contributed by atoms with van der Waals surface area (Å²) in [7, 11) is 1.46. The van der Waals surface area contributed by atoms with Crippen LogP contribution in [-0.2, 0) is 13.0 Å². The first kappa shape index (κ1) is 15.3. The van der Waals surface area contributed by atoms with Crippen molar-refractivity contribution in [2.24, 2.45) is 0 Å². The van der Waals surface area contributed by atoms with Crippen LogP contribution in [0.5, 0.6) is 11.5 Å². The van der Waals surface area contributed by atoms with Crippen LogP contribution in [0.2, 0.25) is 0 Å². The number of hydrogen-bond acceptors (Lipinski definition) is 3. The molecule has 0 aromatic heterocycles. The zero-order valence-corrected chi connectivity index (χ0v) is 12.3. The summed E-state index contributed by atoms with van der Waals surface area (Å²) in [6.45, 7) is 2.49. The highest BCUT2D eigenvalue weighted by molar-refractivity contribution is 5.31. The maximum absolute atomic E-state index is 14.0. The first-order chi connectivity index (χ1) is 10.1. The standard InChI is InChI=1S/C17H20FNO2/c1-12(10-13-6-8-15(20)9-7-13)19-11-14-4-3-5-16(21-2)17(14)18/h3-9,12,19-20H,10-11H2,1-2H3. The highest BCUT2D eigenvalue weighted by Crippen LogP contribution is 2.20. The Kier molecular flexibility index (Phi) is 5.17. The highest BCUT2D eigenvalue weighted by Gasteiger charge is 2.09. The minimum Gasteiger partial charge on any atom is -0.508 e. The molecule has 0 aliphatic carbocycles. The molecule has 2 aromatic rings. The quantitative estimate of drug-likeness (QED) is 0.857. The number of halogens is 1. The third-order valence-corrected chi connectivity index (χ3v) is 3.38. The van der Waals surface area contributed by atoms with E-state index in [9.17, 15) is 9.50 Å². The molecule has 0 aliphatic heterocycles. The minimum absolute atomic E-state index is 0.195. The molecule has 0 amide bonds. The lowest BCUT2D eigenvalue weighted by Gasteiger charge is -2.15. The van der Waals surface area contributed by atoms with Gasteiger partial charge in [0.15, 0.2) is 11.6 Å². The van der Waals surface area contributed by atoms with Crippen molar-refractivity contribution in [3.63, 3.8) is 0 Å². The van der Waals surface area contributed by atoms with E-state index in [0.717, 1.165) is 12.0 Å². The van der Waals surface area contributed by atoms with E-state index in [4.69, 9.17) is 4.74 Å². The van der Waals surface area contributed by atoms with Gasteiger partial charge in [-0.15, -0.1) is 0 Å². The molecule has 0 bridgehead atoms. The fraction of sp³-hybridized carbons (Fsp3) is 0.294. The first-order valence-corrected chi connectivity index (χ1v) is 6.93. The van der Waals surface area contributed by atoms with Crippen LogP contribution in [-0.4, -0.2) is 18.3 Å². The average Bonchev–Trinajstić information content (AvgIpc) is 2.48. The molecule has 0 aliphatic rings. The first-order valence-electron chi connectivity index (χ1n) is 6.93. The average molecular weight is 289 g/mol. The molecule has 2 rings (SSSR count). The predicted molar refractivity (Wildman–Crippen MR) is 81.1 cm³/mol. The van der Waals surface area contributed by atoms with E-state index in [1.807, 2.05) is 19.1 Å². The summed E-state index contributed by atoms with van der Waals surface area (Å²) in [5.41, 5.74) is 1.71. The Balaban J connectivity index is 1.92. The van der Waals surface area contributed by atoms with Crippen LogP contribution in [0.3, 0.4) is 0 Å². The molecule has 0 spiro atoms. The molecule has 0 radical (unpaired) electrons. The second-order valence-corrected chi connectivity index (χ2v) is 5.09. The van der Waals surface area contributed by atoms with E-state index in [0.29, 0.717) is 12.1 Å². The van der Waals surface area contributed by atoms with Crippen LogP contribution in [0.25, 0.3) is 0 Å². The molecule has 1 unspecified atom stereocenters. The van der Waals surface area contributed by atoms with Crippen molar-refractivity contribution >= 4 is 0 Å². The van der Waals surface area contributed by atoms with E-state index in [1.165, 1.54) is 7.11 Å². The Hall–Kier alpha value is -2.07. The van der Waals surface area contributed by atoms with Gasteiger partial charge in [-0.3, -0.25) is 0 Å². The van der Waals surface area contributed by atoms with Gasteiger partial charge in [-0.2, -0.15) is 0 Å². The van der Waals surface area contributed by atoms with E-state index < -0.39 is 0 Å². The zero-order chi connectivity index (χ0) is 15.2. The van der Waals surface area contributed by atoms with Crippen LogP contribution in [0, 0.1) is 5.82 Å². The van der Waals surface area contributed by atoms with Crippen LogP contribution in [0.4, 0.5) is 4.39 Å². The third kappa shape index (κ3) is 4.20. The summed E-state index contributed by atoms with van der Waals surface area (Å²) in [5.74, 6) is 0.211. The number of phenolic OH excluding ortho intramolecular Hbond substituents is 1. The van der Waals surface area contributed by atoms with Gasteiger partial charge in [-0.1, -0.05) is 24.3 Å². The normalized spacial score (nSPS) is 12.1. The Labute approximate surface area is 124 Å². The molecule has 112 valence electrons. The summed E-state index contributed by atoms with van der Waals surface area (Å²) in [4.78, 5) is 0. The van der Waals surface area contributed by atoms with Gasteiger partial charge in [0.2, 0.25) is 0 Å². The van der Waals surface area contributed by atoms with Gasteiger partial charge in [-0.25, -0.2) is 4.39 Å². The lowest BCUT2D eigenvalue weighted by Crippen LogP contribution is -2.28. The second kappa shape index (κ2) is 7.09. The summed E-state index contributed by atoms with van der Waals surface area (Å²) in [6.07, 6.45) is 0.811. The zero-order valence-electron chi connectivity index (χ0n) is 12.3. The summed E-state index contributed by atoms with van der Waals surface area (Å²) < 4.78 is 19.0.